The maximum absolute atomic E-state index is 12.0. The van der Waals surface area contributed by atoms with Crippen LogP contribution in [-0.2, 0) is 6.42 Å². The second kappa shape index (κ2) is 5.99. The van der Waals surface area contributed by atoms with Gasteiger partial charge in [-0.05, 0) is 62.4 Å². The quantitative estimate of drug-likeness (QED) is 0.934. The third-order valence-electron chi connectivity index (χ3n) is 4.64. The highest BCUT2D eigenvalue weighted by atomic mass is 16.1. The molecular weight excluding hydrogens is 272 g/mol. The van der Waals surface area contributed by atoms with Crippen LogP contribution in [0.2, 0.25) is 0 Å². The van der Waals surface area contributed by atoms with Crippen LogP contribution < -0.4 is 10.5 Å². The second-order valence-electron chi connectivity index (χ2n) is 6.23. The number of nitrogens with one attached hydrogen (secondary N) is 1. The van der Waals surface area contributed by atoms with Gasteiger partial charge in [0.25, 0.3) is 5.56 Å². The average Bonchev–Trinajstić information content (AvgIpc) is 3.04. The van der Waals surface area contributed by atoms with Crippen LogP contribution >= 0.6 is 0 Å². The smallest absolute Gasteiger partial charge is 0.251 e. The molecule has 1 aromatic heterocycles. The number of benzene rings is 1. The van der Waals surface area contributed by atoms with Gasteiger partial charge in [0.1, 0.15) is 0 Å². The highest BCUT2D eigenvalue weighted by Gasteiger charge is 2.15. The molecule has 2 aromatic rings. The molecule has 0 atom stereocenters. The summed E-state index contributed by atoms with van der Waals surface area (Å²) in [5, 5.41) is 0. The van der Waals surface area contributed by atoms with Gasteiger partial charge in [0.15, 0.2) is 0 Å². The molecule has 3 rings (SSSR count). The van der Waals surface area contributed by atoms with Gasteiger partial charge in [0, 0.05) is 29.9 Å². The molecule has 0 spiro atoms. The van der Waals surface area contributed by atoms with Crippen molar-refractivity contribution in [2.45, 2.75) is 40.0 Å². The number of aryl methyl sites for hydroxylation is 3. The van der Waals surface area contributed by atoms with Gasteiger partial charge in [-0.15, -0.1) is 0 Å². The molecule has 2 heterocycles. The Morgan fingerprint density at radius 2 is 1.82 bits per heavy atom. The van der Waals surface area contributed by atoms with Gasteiger partial charge in [0.2, 0.25) is 0 Å². The van der Waals surface area contributed by atoms with Crippen LogP contribution in [0.3, 0.4) is 0 Å². The third kappa shape index (κ3) is 2.68. The lowest BCUT2D eigenvalue weighted by Crippen LogP contribution is -2.17. The summed E-state index contributed by atoms with van der Waals surface area (Å²) in [6.45, 7) is 8.43. The first-order valence-electron chi connectivity index (χ1n) is 8.19. The number of aromatic nitrogens is 1. The molecule has 1 aliphatic heterocycles. The minimum Gasteiger partial charge on any atom is -0.372 e. The lowest BCUT2D eigenvalue weighted by atomic mass is 9.98. The molecule has 1 aromatic carbocycles. The molecule has 0 saturated carbocycles. The predicted molar refractivity (Wildman–Crippen MR) is 92.8 cm³/mol. The van der Waals surface area contributed by atoms with Crippen molar-refractivity contribution >= 4 is 5.69 Å². The fraction of sp³-hybridized carbons (Fsp3) is 0.421. The molecule has 0 unspecified atom stereocenters. The molecule has 0 radical (unpaired) electrons. The Balaban J connectivity index is 2.05. The van der Waals surface area contributed by atoms with Gasteiger partial charge in [-0.1, -0.05) is 13.0 Å². The van der Waals surface area contributed by atoms with Crippen LogP contribution in [0.25, 0.3) is 11.3 Å². The van der Waals surface area contributed by atoms with Crippen LogP contribution in [0.4, 0.5) is 5.69 Å². The molecular formula is C19H24N2O. The van der Waals surface area contributed by atoms with E-state index in [1.807, 2.05) is 13.0 Å². The topological polar surface area (TPSA) is 36.1 Å². The van der Waals surface area contributed by atoms with E-state index in [1.54, 1.807) is 0 Å². The Labute approximate surface area is 132 Å². The van der Waals surface area contributed by atoms with Gasteiger partial charge >= 0.3 is 0 Å². The largest absolute Gasteiger partial charge is 0.372 e. The molecule has 1 fully saturated rings. The minimum atomic E-state index is 0.00946. The van der Waals surface area contributed by atoms with E-state index in [2.05, 4.69) is 41.9 Å². The zero-order valence-corrected chi connectivity index (χ0v) is 13.7. The molecule has 3 nitrogen and oxygen atoms in total. The summed E-state index contributed by atoms with van der Waals surface area (Å²) in [6, 6.07) is 8.61. The molecule has 0 amide bonds. The summed E-state index contributed by atoms with van der Waals surface area (Å²) in [5.41, 5.74) is 6.63. The lowest BCUT2D eigenvalue weighted by Gasteiger charge is -2.20. The van der Waals surface area contributed by atoms with E-state index in [0.29, 0.717) is 0 Å². The summed E-state index contributed by atoms with van der Waals surface area (Å²) in [4.78, 5) is 17.5. The number of pyridine rings is 1. The Hall–Kier alpha value is -2.03. The maximum atomic E-state index is 12.0. The molecule has 116 valence electrons. The summed E-state index contributed by atoms with van der Waals surface area (Å²) >= 11 is 0. The van der Waals surface area contributed by atoms with Crippen molar-refractivity contribution < 1.29 is 0 Å². The van der Waals surface area contributed by atoms with Crippen LogP contribution in [-0.4, -0.2) is 18.1 Å². The fourth-order valence-electron chi connectivity index (χ4n) is 3.31. The lowest BCUT2D eigenvalue weighted by molar-refractivity contribution is 0.949. The van der Waals surface area contributed by atoms with Gasteiger partial charge in [-0.2, -0.15) is 0 Å². The number of H-pyrrole nitrogens is 1. The molecule has 1 N–H and O–H groups in total. The molecule has 22 heavy (non-hydrogen) atoms. The van der Waals surface area contributed by atoms with E-state index >= 15 is 0 Å². The van der Waals surface area contributed by atoms with E-state index in [1.165, 1.54) is 29.7 Å². The highest BCUT2D eigenvalue weighted by molar-refractivity contribution is 5.70. The van der Waals surface area contributed by atoms with Crippen LogP contribution in [0.15, 0.2) is 29.1 Å². The molecule has 1 aliphatic rings. The summed E-state index contributed by atoms with van der Waals surface area (Å²) < 4.78 is 0. The van der Waals surface area contributed by atoms with Gasteiger partial charge in [-0.25, -0.2) is 0 Å². The number of hydrogen-bond donors (Lipinski definition) is 1. The predicted octanol–water partition coefficient (Wildman–Crippen LogP) is 3.82. The van der Waals surface area contributed by atoms with E-state index in [0.717, 1.165) is 36.3 Å². The van der Waals surface area contributed by atoms with Crippen molar-refractivity contribution in [2.75, 3.05) is 18.0 Å². The number of nitrogens with zero attached hydrogens (tertiary/aromatic N) is 1. The van der Waals surface area contributed by atoms with E-state index < -0.39 is 0 Å². The van der Waals surface area contributed by atoms with Crippen LogP contribution in [0.5, 0.6) is 0 Å². The first kappa shape index (κ1) is 14.9. The van der Waals surface area contributed by atoms with Crippen molar-refractivity contribution in [3.63, 3.8) is 0 Å². The summed E-state index contributed by atoms with van der Waals surface area (Å²) in [7, 11) is 0. The van der Waals surface area contributed by atoms with Gasteiger partial charge < -0.3 is 9.88 Å². The van der Waals surface area contributed by atoms with Crippen molar-refractivity contribution in [1.82, 2.24) is 4.98 Å². The Morgan fingerprint density at radius 3 is 2.45 bits per heavy atom. The summed E-state index contributed by atoms with van der Waals surface area (Å²) in [6.07, 6.45) is 3.48. The maximum Gasteiger partial charge on any atom is 0.251 e. The molecule has 1 saturated heterocycles. The van der Waals surface area contributed by atoms with Crippen LogP contribution in [0, 0.1) is 13.8 Å². The van der Waals surface area contributed by atoms with E-state index in [4.69, 9.17) is 0 Å². The monoisotopic (exact) mass is 296 g/mol. The molecule has 0 aliphatic carbocycles. The van der Waals surface area contributed by atoms with E-state index in [-0.39, 0.29) is 5.56 Å². The molecule has 3 heteroatoms. The standard InChI is InChI=1S/C19H24N2O/c1-4-15-11-14(3)19(22)20-18(15)17-8-7-16(12-13(17)2)21-9-5-6-10-21/h7-8,11-12H,4-6,9-10H2,1-3H3,(H,20,22). The third-order valence-corrected chi connectivity index (χ3v) is 4.64. The minimum absolute atomic E-state index is 0.00946. The van der Waals surface area contributed by atoms with E-state index in [9.17, 15) is 4.79 Å². The fourth-order valence-corrected chi connectivity index (χ4v) is 3.31. The number of hydrogen-bond acceptors (Lipinski definition) is 2. The zero-order chi connectivity index (χ0) is 15.7. The average molecular weight is 296 g/mol. The van der Waals surface area contributed by atoms with Crippen molar-refractivity contribution in [3.05, 3.63) is 51.3 Å². The van der Waals surface area contributed by atoms with Crippen molar-refractivity contribution in [1.29, 1.82) is 0 Å². The Kier molecular flexibility index (Phi) is 4.06. The number of aromatic amines is 1. The first-order chi connectivity index (χ1) is 10.6. The number of rotatable bonds is 3. The normalized spacial score (nSPS) is 14.6. The number of anilines is 1. The SMILES string of the molecule is CCc1cc(C)c(=O)[nH]c1-c1ccc(N2CCCC2)cc1C. The van der Waals surface area contributed by atoms with Crippen LogP contribution in [0.1, 0.15) is 36.5 Å². The Bertz CT molecular complexity index is 740. The highest BCUT2D eigenvalue weighted by Crippen LogP contribution is 2.29. The van der Waals surface area contributed by atoms with Crippen molar-refractivity contribution in [3.8, 4) is 11.3 Å². The van der Waals surface area contributed by atoms with Gasteiger partial charge in [0.05, 0.1) is 5.69 Å². The van der Waals surface area contributed by atoms with Crippen molar-refractivity contribution in [2.24, 2.45) is 0 Å². The Morgan fingerprint density at radius 1 is 1.09 bits per heavy atom. The second-order valence-corrected chi connectivity index (χ2v) is 6.23. The van der Waals surface area contributed by atoms with Gasteiger partial charge in [-0.3, -0.25) is 4.79 Å². The first-order valence-corrected chi connectivity index (χ1v) is 8.19. The summed E-state index contributed by atoms with van der Waals surface area (Å²) in [5.74, 6) is 0. The molecule has 0 bridgehead atoms. The zero-order valence-electron chi connectivity index (χ0n) is 13.7.